The van der Waals surface area contributed by atoms with Crippen LogP contribution in [-0.2, 0) is 0 Å². The maximum atomic E-state index is 11.3. The highest BCUT2D eigenvalue weighted by atomic mass is 16.6. The van der Waals surface area contributed by atoms with Gasteiger partial charge >= 0.3 is 0 Å². The first kappa shape index (κ1) is 16.3. The Bertz CT molecular complexity index is 441. The minimum absolute atomic E-state index is 0.212. The zero-order valence-electron chi connectivity index (χ0n) is 12.8. The summed E-state index contributed by atoms with van der Waals surface area (Å²) in [5, 5.41) is 14.6. The van der Waals surface area contributed by atoms with Crippen molar-refractivity contribution in [3.05, 3.63) is 34.4 Å². The number of nitrogens with zero attached hydrogens (tertiary/aromatic N) is 1. The Balaban J connectivity index is 2.91. The van der Waals surface area contributed by atoms with E-state index in [4.69, 9.17) is 4.74 Å². The van der Waals surface area contributed by atoms with Crippen molar-refractivity contribution in [2.75, 3.05) is 12.4 Å². The van der Waals surface area contributed by atoms with Crippen LogP contribution < -0.4 is 10.1 Å². The highest BCUT2D eigenvalue weighted by Gasteiger charge is 2.41. The van der Waals surface area contributed by atoms with Gasteiger partial charge in [-0.2, -0.15) is 0 Å². The van der Waals surface area contributed by atoms with Gasteiger partial charge in [-0.15, -0.1) is 0 Å². The Labute approximate surface area is 120 Å². The Hall–Kier alpha value is -1.78. The third-order valence-electron chi connectivity index (χ3n) is 3.46. The van der Waals surface area contributed by atoms with Gasteiger partial charge in [-0.25, -0.2) is 0 Å². The predicted molar refractivity (Wildman–Crippen MR) is 80.9 cm³/mol. The molecule has 20 heavy (non-hydrogen) atoms. The maximum Gasteiger partial charge on any atom is 0.236 e. The molecular weight excluding hydrogens is 256 g/mol. The lowest BCUT2D eigenvalue weighted by molar-refractivity contribution is -0.563. The van der Waals surface area contributed by atoms with E-state index in [1.54, 1.807) is 21.0 Å². The molecule has 0 saturated carbocycles. The number of rotatable bonds is 7. The van der Waals surface area contributed by atoms with Gasteiger partial charge in [0.05, 0.1) is 13.2 Å². The first-order valence-electron chi connectivity index (χ1n) is 6.82. The predicted octanol–water partition coefficient (Wildman–Crippen LogP) is 3.58. The molecule has 0 bridgehead atoms. The molecule has 0 saturated heterocycles. The Morgan fingerprint density at radius 3 is 2.25 bits per heavy atom. The van der Waals surface area contributed by atoms with Crippen LogP contribution in [0.1, 0.15) is 34.1 Å². The van der Waals surface area contributed by atoms with Crippen LogP contribution in [0, 0.1) is 16.0 Å². The van der Waals surface area contributed by atoms with Gasteiger partial charge in [-0.3, -0.25) is 10.1 Å². The van der Waals surface area contributed by atoms with E-state index in [1.807, 2.05) is 24.3 Å². The highest BCUT2D eigenvalue weighted by Crippen LogP contribution is 2.25. The fraction of sp³-hybridized carbons (Fsp3) is 0.600. The van der Waals surface area contributed by atoms with Crippen molar-refractivity contribution in [2.24, 2.45) is 5.92 Å². The summed E-state index contributed by atoms with van der Waals surface area (Å²) in [7, 11) is 1.61. The van der Waals surface area contributed by atoms with Crippen LogP contribution in [0.4, 0.5) is 5.69 Å². The van der Waals surface area contributed by atoms with Gasteiger partial charge in [-0.1, -0.05) is 13.8 Å². The second-order valence-electron chi connectivity index (χ2n) is 5.97. The lowest BCUT2D eigenvalue weighted by Crippen LogP contribution is -2.48. The molecule has 5 heteroatoms. The van der Waals surface area contributed by atoms with E-state index in [9.17, 15) is 10.1 Å². The standard InChI is InChI=1S/C15H24N2O3/c1-11(2)10-14(15(3,4)17(18)19)16-12-6-8-13(20-5)9-7-12/h6-9,11,14,16H,10H2,1-5H3. The monoisotopic (exact) mass is 280 g/mol. The summed E-state index contributed by atoms with van der Waals surface area (Å²) in [5.41, 5.74) is -0.157. The molecule has 0 spiro atoms. The van der Waals surface area contributed by atoms with Gasteiger partial charge in [0.2, 0.25) is 5.54 Å². The van der Waals surface area contributed by atoms with Gasteiger partial charge < -0.3 is 10.1 Å². The topological polar surface area (TPSA) is 64.4 Å². The molecule has 1 atom stereocenters. The molecule has 0 aromatic heterocycles. The summed E-state index contributed by atoms with van der Waals surface area (Å²) >= 11 is 0. The molecule has 1 unspecified atom stereocenters. The fourth-order valence-electron chi connectivity index (χ4n) is 2.01. The van der Waals surface area contributed by atoms with Crippen molar-refractivity contribution in [3.8, 4) is 5.75 Å². The summed E-state index contributed by atoms with van der Waals surface area (Å²) in [6, 6.07) is 7.21. The van der Waals surface area contributed by atoms with Gasteiger partial charge in [0.15, 0.2) is 0 Å². The average Bonchev–Trinajstić information content (AvgIpc) is 2.38. The zero-order chi connectivity index (χ0) is 15.3. The Morgan fingerprint density at radius 1 is 1.30 bits per heavy atom. The quantitative estimate of drug-likeness (QED) is 0.612. The average molecular weight is 280 g/mol. The largest absolute Gasteiger partial charge is 0.497 e. The van der Waals surface area contributed by atoms with E-state index in [-0.39, 0.29) is 11.0 Å². The van der Waals surface area contributed by atoms with E-state index < -0.39 is 5.54 Å². The third kappa shape index (κ3) is 4.11. The number of anilines is 1. The zero-order valence-corrected chi connectivity index (χ0v) is 12.8. The minimum atomic E-state index is -1.02. The first-order valence-corrected chi connectivity index (χ1v) is 6.82. The van der Waals surface area contributed by atoms with Crippen molar-refractivity contribution < 1.29 is 9.66 Å². The van der Waals surface area contributed by atoms with E-state index >= 15 is 0 Å². The second-order valence-corrected chi connectivity index (χ2v) is 5.97. The van der Waals surface area contributed by atoms with Crippen molar-refractivity contribution in [1.29, 1.82) is 0 Å². The summed E-state index contributed by atoms with van der Waals surface area (Å²) in [5.74, 6) is 1.15. The van der Waals surface area contributed by atoms with E-state index in [0.717, 1.165) is 17.9 Å². The smallest absolute Gasteiger partial charge is 0.236 e. The summed E-state index contributed by atoms with van der Waals surface area (Å²) in [6.45, 7) is 7.46. The van der Waals surface area contributed by atoms with Crippen LogP contribution in [0.2, 0.25) is 0 Å². The molecule has 112 valence electrons. The number of nitrogens with one attached hydrogen (secondary N) is 1. The maximum absolute atomic E-state index is 11.3. The molecule has 0 radical (unpaired) electrons. The van der Waals surface area contributed by atoms with E-state index in [2.05, 4.69) is 19.2 Å². The van der Waals surface area contributed by atoms with Gasteiger partial charge in [0.25, 0.3) is 0 Å². The van der Waals surface area contributed by atoms with Crippen LogP contribution in [0.5, 0.6) is 5.75 Å². The SMILES string of the molecule is COc1ccc(NC(CC(C)C)C(C)(C)[N+](=O)[O-])cc1. The molecule has 0 aliphatic rings. The number of benzene rings is 1. The van der Waals surface area contributed by atoms with Crippen molar-refractivity contribution >= 4 is 5.69 Å². The highest BCUT2D eigenvalue weighted by molar-refractivity contribution is 5.47. The van der Waals surface area contributed by atoms with Crippen LogP contribution in [0.25, 0.3) is 0 Å². The van der Waals surface area contributed by atoms with Crippen LogP contribution >= 0.6 is 0 Å². The fourth-order valence-corrected chi connectivity index (χ4v) is 2.01. The molecule has 0 heterocycles. The van der Waals surface area contributed by atoms with Crippen LogP contribution in [-0.4, -0.2) is 23.6 Å². The molecule has 0 aliphatic carbocycles. The summed E-state index contributed by atoms with van der Waals surface area (Å²) in [4.78, 5) is 11.1. The number of nitro groups is 1. The first-order chi connectivity index (χ1) is 9.27. The third-order valence-corrected chi connectivity index (χ3v) is 3.46. The molecule has 0 aliphatic heterocycles. The minimum Gasteiger partial charge on any atom is -0.497 e. The normalized spacial score (nSPS) is 13.1. The molecule has 5 nitrogen and oxygen atoms in total. The second kappa shape index (κ2) is 6.59. The number of ether oxygens (including phenoxy) is 1. The van der Waals surface area contributed by atoms with Crippen molar-refractivity contribution in [2.45, 2.75) is 45.7 Å². The number of methoxy groups -OCH3 is 1. The summed E-state index contributed by atoms with van der Waals surface area (Å²) < 4.78 is 5.11. The molecular formula is C15H24N2O3. The molecule has 0 amide bonds. The Kier molecular flexibility index (Phi) is 5.36. The Morgan fingerprint density at radius 2 is 1.85 bits per heavy atom. The van der Waals surface area contributed by atoms with Crippen LogP contribution in [0.3, 0.4) is 0 Å². The molecule has 0 fully saturated rings. The molecule has 1 N–H and O–H groups in total. The number of hydrogen-bond acceptors (Lipinski definition) is 4. The lowest BCUT2D eigenvalue weighted by atomic mass is 9.88. The molecule has 1 aromatic rings. The van der Waals surface area contributed by atoms with E-state index in [0.29, 0.717) is 5.92 Å². The summed E-state index contributed by atoms with van der Waals surface area (Å²) in [6.07, 6.45) is 0.736. The van der Waals surface area contributed by atoms with Gasteiger partial charge in [0, 0.05) is 24.5 Å². The lowest BCUT2D eigenvalue weighted by Gasteiger charge is -2.29. The van der Waals surface area contributed by atoms with Gasteiger partial charge in [-0.05, 0) is 36.6 Å². The van der Waals surface area contributed by atoms with Crippen LogP contribution in [0.15, 0.2) is 24.3 Å². The molecule has 1 aromatic carbocycles. The number of hydrogen-bond donors (Lipinski definition) is 1. The molecule has 1 rings (SSSR count). The van der Waals surface area contributed by atoms with E-state index in [1.165, 1.54) is 0 Å². The van der Waals surface area contributed by atoms with Crippen molar-refractivity contribution in [3.63, 3.8) is 0 Å². The van der Waals surface area contributed by atoms with Crippen molar-refractivity contribution in [1.82, 2.24) is 0 Å². The van der Waals surface area contributed by atoms with Gasteiger partial charge in [0.1, 0.15) is 5.75 Å².